The predicted molar refractivity (Wildman–Crippen MR) is 140 cm³/mol. The third-order valence-corrected chi connectivity index (χ3v) is 7.88. The molecule has 2 aliphatic rings. The average molecular weight is 498 g/mol. The van der Waals surface area contributed by atoms with Crippen molar-refractivity contribution in [3.63, 3.8) is 0 Å². The van der Waals surface area contributed by atoms with Crippen LogP contribution in [0.15, 0.2) is 48.5 Å². The van der Waals surface area contributed by atoms with Crippen LogP contribution in [-0.2, 0) is 14.9 Å². The Morgan fingerprint density at radius 2 is 1.72 bits per heavy atom. The van der Waals surface area contributed by atoms with Crippen molar-refractivity contribution in [2.45, 2.75) is 51.0 Å². The molecule has 36 heavy (non-hydrogen) atoms. The molecule has 4 rings (SSSR count). The van der Waals surface area contributed by atoms with Crippen molar-refractivity contribution in [3.8, 4) is 11.5 Å². The smallest absolute Gasteiger partial charge is 0.224 e. The van der Waals surface area contributed by atoms with Crippen LogP contribution in [0.2, 0.25) is 0 Å². The highest BCUT2D eigenvalue weighted by Gasteiger charge is 2.43. The van der Waals surface area contributed by atoms with Gasteiger partial charge in [0.15, 0.2) is 0 Å². The molecule has 2 unspecified atom stereocenters. The topological polar surface area (TPSA) is 54.0 Å². The lowest BCUT2D eigenvalue weighted by atomic mass is 9.69. The van der Waals surface area contributed by atoms with Crippen LogP contribution in [-0.4, -0.2) is 68.4 Å². The molecule has 6 nitrogen and oxygen atoms in total. The summed E-state index contributed by atoms with van der Waals surface area (Å²) in [5.74, 6) is 1.19. The van der Waals surface area contributed by atoms with E-state index in [-0.39, 0.29) is 24.4 Å². The van der Waals surface area contributed by atoms with E-state index in [4.69, 9.17) is 9.47 Å². The van der Waals surface area contributed by atoms with E-state index in [1.165, 1.54) is 0 Å². The molecule has 2 aromatic carbocycles. The Labute approximate surface area is 214 Å². The van der Waals surface area contributed by atoms with Crippen molar-refractivity contribution in [1.29, 1.82) is 0 Å². The number of methoxy groups -OCH3 is 1. The van der Waals surface area contributed by atoms with E-state index in [2.05, 4.69) is 36.2 Å². The number of piperidine rings is 1. The summed E-state index contributed by atoms with van der Waals surface area (Å²) in [5.41, 5.74) is 1.73. The van der Waals surface area contributed by atoms with Gasteiger partial charge in [0.2, 0.25) is 5.91 Å². The zero-order valence-electron chi connectivity index (χ0n) is 21.8. The Kier molecular flexibility index (Phi) is 8.99. The van der Waals surface area contributed by atoms with E-state index in [9.17, 15) is 9.28 Å². The molecule has 0 radical (unpaired) electrons. The monoisotopic (exact) mass is 497 g/mol. The average Bonchev–Trinajstić information content (AvgIpc) is 2.90. The second kappa shape index (κ2) is 12.2. The summed E-state index contributed by atoms with van der Waals surface area (Å²) in [6.07, 6.45) is 3.39. The zero-order chi connectivity index (χ0) is 25.5. The normalized spacial score (nSPS) is 20.9. The van der Waals surface area contributed by atoms with Crippen LogP contribution in [0.25, 0.3) is 0 Å². The zero-order valence-corrected chi connectivity index (χ0v) is 21.8. The second-order valence-corrected chi connectivity index (χ2v) is 9.98. The summed E-state index contributed by atoms with van der Waals surface area (Å²) in [4.78, 5) is 15.7. The highest BCUT2D eigenvalue weighted by atomic mass is 19.2. The van der Waals surface area contributed by atoms with Crippen molar-refractivity contribution < 1.29 is 18.7 Å². The fourth-order valence-electron chi connectivity index (χ4n) is 5.98. The molecule has 1 saturated heterocycles. The Hall–Kier alpha value is -2.48. The number of rotatable bonds is 11. The van der Waals surface area contributed by atoms with Crippen LogP contribution in [0.4, 0.5) is 4.48 Å². The van der Waals surface area contributed by atoms with Gasteiger partial charge in [-0.3, -0.25) is 9.69 Å². The fourth-order valence-corrected chi connectivity index (χ4v) is 5.98. The number of halogens is 1. The number of ether oxygens (including phenoxy) is 2. The molecule has 0 aromatic heterocycles. The van der Waals surface area contributed by atoms with Crippen LogP contribution >= 0.6 is 0 Å². The summed E-state index contributed by atoms with van der Waals surface area (Å²) < 4.78 is 26.1. The number of carbonyl (C=O) groups is 1. The lowest BCUT2D eigenvalue weighted by molar-refractivity contribution is -0.133. The van der Waals surface area contributed by atoms with Gasteiger partial charge in [0.05, 0.1) is 5.92 Å². The van der Waals surface area contributed by atoms with Gasteiger partial charge in [-0.25, -0.2) is 0 Å². The Morgan fingerprint density at radius 3 is 2.33 bits per heavy atom. The number of fused-ring (bicyclic) bond motifs is 2. The maximum absolute atomic E-state index is 14.6. The number of hydrogen-bond acceptors (Lipinski definition) is 5. The van der Waals surface area contributed by atoms with Gasteiger partial charge in [0.1, 0.15) is 11.5 Å². The molecule has 1 N–H and O–H groups in total. The third-order valence-electron chi connectivity index (χ3n) is 7.88. The quantitative estimate of drug-likeness (QED) is 0.353. The number of carbonyl (C=O) groups excluding carboxylic acids is 1. The van der Waals surface area contributed by atoms with Crippen molar-refractivity contribution in [3.05, 3.63) is 59.7 Å². The minimum atomic E-state index is -0.433. The molecule has 2 heterocycles. The molecule has 0 aliphatic carbocycles. The van der Waals surface area contributed by atoms with Crippen LogP contribution in [0.1, 0.15) is 50.7 Å². The Morgan fingerprint density at radius 1 is 1.08 bits per heavy atom. The molecule has 0 bridgehead atoms. The van der Waals surface area contributed by atoms with E-state index in [1.807, 2.05) is 36.4 Å². The van der Waals surface area contributed by atoms with Gasteiger partial charge < -0.3 is 14.8 Å². The Bertz CT molecular complexity index is 967. The van der Waals surface area contributed by atoms with Crippen LogP contribution in [0.3, 0.4) is 0 Å². The molecule has 196 valence electrons. The summed E-state index contributed by atoms with van der Waals surface area (Å²) in [6, 6.07) is 16.3. The van der Waals surface area contributed by atoms with Gasteiger partial charge in [-0.1, -0.05) is 50.2 Å². The summed E-state index contributed by atoms with van der Waals surface area (Å²) in [7, 11) is 1.72. The first-order chi connectivity index (χ1) is 17.5. The standard InChI is InChI=1S/C29H40FN3O3/c1-4-32(5-2)23-18-22(19-33(30)20-23)28(34)31-21-29(16-10-11-17-35-3)24-12-6-8-14-26(24)36-27-15-9-7-13-25(27)29/h6-9,12-15,22-23H,4-5,10-11,16-21H2,1-3H3,(H,31,34). The van der Waals surface area contributed by atoms with Crippen LogP contribution < -0.4 is 10.1 Å². The second-order valence-electron chi connectivity index (χ2n) is 9.98. The molecule has 2 aliphatic heterocycles. The van der Waals surface area contributed by atoms with E-state index in [0.717, 1.165) is 60.1 Å². The molecular formula is C29H40FN3O3. The van der Waals surface area contributed by atoms with E-state index in [0.29, 0.717) is 26.1 Å². The van der Waals surface area contributed by atoms with Gasteiger partial charge in [-0.15, -0.1) is 9.60 Å². The number of para-hydroxylation sites is 2. The minimum absolute atomic E-state index is 0.0436. The number of likely N-dealkylation sites (N-methyl/N-ethyl adjacent to an activating group) is 1. The molecule has 1 fully saturated rings. The van der Waals surface area contributed by atoms with Gasteiger partial charge in [-0.2, -0.15) is 0 Å². The van der Waals surface area contributed by atoms with Crippen molar-refractivity contribution in [1.82, 2.24) is 15.3 Å². The van der Waals surface area contributed by atoms with Crippen LogP contribution in [0.5, 0.6) is 11.5 Å². The minimum Gasteiger partial charge on any atom is -0.457 e. The molecule has 1 amide bonds. The first-order valence-electron chi connectivity index (χ1n) is 13.3. The highest BCUT2D eigenvalue weighted by Crippen LogP contribution is 2.50. The molecule has 2 atom stereocenters. The van der Waals surface area contributed by atoms with Gasteiger partial charge in [0.25, 0.3) is 0 Å². The number of nitrogens with zero attached hydrogens (tertiary/aromatic N) is 2. The number of amides is 1. The third kappa shape index (κ3) is 5.58. The highest BCUT2D eigenvalue weighted by molar-refractivity contribution is 5.79. The fraction of sp³-hybridized carbons (Fsp3) is 0.552. The van der Waals surface area contributed by atoms with Crippen molar-refractivity contribution in [2.75, 3.05) is 46.4 Å². The largest absolute Gasteiger partial charge is 0.457 e. The maximum atomic E-state index is 14.6. The number of benzene rings is 2. The molecule has 7 heteroatoms. The van der Waals surface area contributed by atoms with Crippen molar-refractivity contribution >= 4 is 5.91 Å². The molecule has 0 spiro atoms. The van der Waals surface area contributed by atoms with E-state index >= 15 is 0 Å². The van der Waals surface area contributed by atoms with E-state index < -0.39 is 5.41 Å². The molecule has 0 saturated carbocycles. The van der Waals surface area contributed by atoms with Crippen molar-refractivity contribution in [2.24, 2.45) is 5.92 Å². The maximum Gasteiger partial charge on any atom is 0.224 e. The lowest BCUT2D eigenvalue weighted by Crippen LogP contribution is -2.53. The molecule has 2 aromatic rings. The van der Waals surface area contributed by atoms with Gasteiger partial charge in [0, 0.05) is 55.9 Å². The van der Waals surface area contributed by atoms with Gasteiger partial charge in [-0.05, 0) is 50.9 Å². The summed E-state index contributed by atoms with van der Waals surface area (Å²) >= 11 is 0. The summed E-state index contributed by atoms with van der Waals surface area (Å²) in [6.45, 7) is 7.50. The first kappa shape index (κ1) is 26.6. The Balaban J connectivity index is 1.60. The number of unbranched alkanes of at least 4 members (excludes halogenated alkanes) is 1. The van der Waals surface area contributed by atoms with Crippen LogP contribution in [0, 0.1) is 5.92 Å². The van der Waals surface area contributed by atoms with E-state index in [1.54, 1.807) is 7.11 Å². The predicted octanol–water partition coefficient (Wildman–Crippen LogP) is 4.93. The molecular weight excluding hydrogens is 457 g/mol. The summed E-state index contributed by atoms with van der Waals surface area (Å²) in [5, 5.41) is 4.08. The lowest BCUT2D eigenvalue weighted by Gasteiger charge is -2.42. The first-order valence-corrected chi connectivity index (χ1v) is 13.3. The SMILES string of the molecule is CCN(CC)C1CC(C(=O)NCC2(CCCCOC)c3ccccc3Oc3ccccc32)CN(F)C1. The number of nitrogens with one attached hydrogen (secondary N) is 1. The number of hydrogen-bond donors (Lipinski definition) is 1. The van der Waals surface area contributed by atoms with Gasteiger partial charge >= 0.3 is 0 Å².